The third-order valence-corrected chi connectivity index (χ3v) is 4.84. The number of rotatable bonds is 4. The van der Waals surface area contributed by atoms with Crippen molar-refractivity contribution in [3.8, 4) is 11.3 Å². The summed E-state index contributed by atoms with van der Waals surface area (Å²) in [6.07, 6.45) is 6.43. The number of hydrogen-bond donors (Lipinski definition) is 1. The molecule has 0 bridgehead atoms. The van der Waals surface area contributed by atoms with Crippen LogP contribution in [0.1, 0.15) is 19.8 Å². The molecule has 2 heterocycles. The molecule has 26 heavy (non-hydrogen) atoms. The number of nitrogens with zero attached hydrogens (tertiary/aromatic N) is 4. The predicted octanol–water partition coefficient (Wildman–Crippen LogP) is 2.81. The number of amides is 1. The first-order chi connectivity index (χ1) is 12.2. The molecule has 1 saturated heterocycles. The van der Waals surface area contributed by atoms with E-state index >= 15 is 0 Å². The molecule has 1 amide bonds. The van der Waals surface area contributed by atoms with E-state index in [1.165, 1.54) is 19.8 Å². The maximum atomic E-state index is 11.1. The van der Waals surface area contributed by atoms with E-state index in [9.17, 15) is 4.79 Å². The molecule has 0 spiro atoms. The molecule has 2 aromatic rings. The highest BCUT2D eigenvalue weighted by molar-refractivity contribution is 5.88. The molecule has 6 nitrogen and oxygen atoms in total. The van der Waals surface area contributed by atoms with E-state index in [0.29, 0.717) is 0 Å². The first-order valence-electron chi connectivity index (χ1n) is 8.88. The van der Waals surface area contributed by atoms with E-state index in [1.54, 1.807) is 0 Å². The number of anilines is 2. The number of carbonyl (C=O) groups excluding carboxylic acids is 1. The Morgan fingerprint density at radius 2 is 1.73 bits per heavy atom. The summed E-state index contributed by atoms with van der Waals surface area (Å²) >= 11 is 0. The molecule has 1 aliphatic heterocycles. The Hall–Kier alpha value is -2.18. The molecule has 1 saturated carbocycles. The van der Waals surface area contributed by atoms with Crippen molar-refractivity contribution in [2.24, 2.45) is 0 Å². The minimum absolute atomic E-state index is 0. The summed E-state index contributed by atoms with van der Waals surface area (Å²) in [6, 6.07) is 8.50. The Morgan fingerprint density at radius 1 is 1.04 bits per heavy atom. The molecule has 2 aliphatic rings. The van der Waals surface area contributed by atoms with Crippen LogP contribution < -0.4 is 10.2 Å². The zero-order valence-electron chi connectivity index (χ0n) is 14.9. The minimum Gasteiger partial charge on any atom is -0.353 e. The fraction of sp³-hybridized carbons (Fsp3) is 0.421. The highest BCUT2D eigenvalue weighted by atomic mass is 35.5. The molecule has 2 fully saturated rings. The Morgan fingerprint density at radius 3 is 2.27 bits per heavy atom. The number of hydrogen-bond acceptors (Lipinski definition) is 5. The summed E-state index contributed by atoms with van der Waals surface area (Å²) in [4.78, 5) is 25.2. The number of benzene rings is 1. The molecule has 1 aromatic heterocycles. The molecule has 138 valence electrons. The lowest BCUT2D eigenvalue weighted by Gasteiger charge is -2.35. The Kier molecular flexibility index (Phi) is 5.74. The summed E-state index contributed by atoms with van der Waals surface area (Å²) in [6.45, 7) is 5.80. The lowest BCUT2D eigenvalue weighted by molar-refractivity contribution is -0.114. The van der Waals surface area contributed by atoms with Crippen molar-refractivity contribution < 1.29 is 4.79 Å². The predicted molar refractivity (Wildman–Crippen MR) is 106 cm³/mol. The molecule has 0 radical (unpaired) electrons. The number of halogens is 1. The molecule has 1 aliphatic carbocycles. The van der Waals surface area contributed by atoms with Gasteiger partial charge in [-0.05, 0) is 25.0 Å². The van der Waals surface area contributed by atoms with Gasteiger partial charge in [0.15, 0.2) is 0 Å². The third kappa shape index (κ3) is 4.31. The lowest BCUT2D eigenvalue weighted by Crippen LogP contribution is -2.47. The summed E-state index contributed by atoms with van der Waals surface area (Å²) in [5, 5.41) is 2.77. The number of aromatic nitrogens is 2. The summed E-state index contributed by atoms with van der Waals surface area (Å²) in [5.41, 5.74) is 2.62. The van der Waals surface area contributed by atoms with Gasteiger partial charge in [-0.15, -0.1) is 12.4 Å². The van der Waals surface area contributed by atoms with E-state index < -0.39 is 0 Å². The highest BCUT2D eigenvalue weighted by Gasteiger charge is 2.31. The number of nitrogens with one attached hydrogen (secondary N) is 1. The van der Waals surface area contributed by atoms with Crippen LogP contribution in [0.15, 0.2) is 36.7 Å². The van der Waals surface area contributed by atoms with Gasteiger partial charge >= 0.3 is 0 Å². The van der Waals surface area contributed by atoms with Crippen LogP contribution in [0, 0.1) is 0 Å². The van der Waals surface area contributed by atoms with Gasteiger partial charge in [-0.1, -0.05) is 12.1 Å². The van der Waals surface area contributed by atoms with E-state index in [-0.39, 0.29) is 18.3 Å². The molecule has 1 N–H and O–H groups in total. The quantitative estimate of drug-likeness (QED) is 0.892. The Labute approximate surface area is 160 Å². The van der Waals surface area contributed by atoms with Crippen LogP contribution in [-0.4, -0.2) is 53.0 Å². The van der Waals surface area contributed by atoms with E-state index in [0.717, 1.165) is 55.0 Å². The number of piperazine rings is 1. The van der Waals surface area contributed by atoms with Crippen molar-refractivity contribution in [3.63, 3.8) is 0 Å². The van der Waals surface area contributed by atoms with Gasteiger partial charge in [-0.3, -0.25) is 14.7 Å². The normalized spacial score (nSPS) is 17.5. The summed E-state index contributed by atoms with van der Waals surface area (Å²) in [7, 11) is 0. The molecular weight excluding hydrogens is 350 g/mol. The van der Waals surface area contributed by atoms with Crippen LogP contribution in [0.5, 0.6) is 0 Å². The number of carbonyl (C=O) groups is 1. The topological polar surface area (TPSA) is 61.4 Å². The second-order valence-corrected chi connectivity index (χ2v) is 6.77. The molecule has 4 rings (SSSR count). The van der Waals surface area contributed by atoms with E-state index in [4.69, 9.17) is 0 Å². The van der Waals surface area contributed by atoms with Crippen molar-refractivity contribution in [3.05, 3.63) is 36.7 Å². The maximum Gasteiger partial charge on any atom is 0.221 e. The Balaban J connectivity index is 0.00000196. The molecule has 0 atom stereocenters. The van der Waals surface area contributed by atoms with Crippen LogP contribution in [0.4, 0.5) is 11.5 Å². The zero-order chi connectivity index (χ0) is 17.2. The average Bonchev–Trinajstić information content (AvgIpc) is 3.47. The van der Waals surface area contributed by atoms with E-state index in [2.05, 4.69) is 25.1 Å². The van der Waals surface area contributed by atoms with Gasteiger partial charge in [0.25, 0.3) is 0 Å². The SMILES string of the molecule is CC(=O)Nc1ccc(-c2cnc(N3CCN(C4CC4)CC3)cn2)cc1.Cl. The fourth-order valence-electron chi connectivity index (χ4n) is 3.32. The maximum absolute atomic E-state index is 11.1. The minimum atomic E-state index is -0.0707. The average molecular weight is 374 g/mol. The van der Waals surface area contributed by atoms with Gasteiger partial charge in [0.05, 0.1) is 18.1 Å². The standard InChI is InChI=1S/C19H23N5O.ClH/c1-14(25)22-16-4-2-15(3-5-16)18-12-21-19(13-20-18)24-10-8-23(9-11-24)17-6-7-17;/h2-5,12-13,17H,6-11H2,1H3,(H,22,25);1H. The van der Waals surface area contributed by atoms with Crippen LogP contribution in [0.25, 0.3) is 11.3 Å². The van der Waals surface area contributed by atoms with Gasteiger partial charge < -0.3 is 10.2 Å². The molecule has 7 heteroatoms. The van der Waals surface area contributed by atoms with Crippen LogP contribution >= 0.6 is 12.4 Å². The zero-order valence-corrected chi connectivity index (χ0v) is 15.7. The molecular formula is C19H24ClN5O. The molecule has 0 unspecified atom stereocenters. The van der Waals surface area contributed by atoms with Crippen molar-refractivity contribution in [2.75, 3.05) is 36.4 Å². The van der Waals surface area contributed by atoms with E-state index in [1.807, 2.05) is 36.7 Å². The van der Waals surface area contributed by atoms with Gasteiger partial charge in [0.1, 0.15) is 5.82 Å². The summed E-state index contributed by atoms with van der Waals surface area (Å²) in [5.74, 6) is 0.882. The first-order valence-corrected chi connectivity index (χ1v) is 8.88. The lowest BCUT2D eigenvalue weighted by atomic mass is 10.1. The first kappa shape index (κ1) is 18.6. The van der Waals surface area contributed by atoms with Crippen LogP contribution in [-0.2, 0) is 4.79 Å². The third-order valence-electron chi connectivity index (χ3n) is 4.84. The fourth-order valence-corrected chi connectivity index (χ4v) is 3.32. The monoisotopic (exact) mass is 373 g/mol. The second-order valence-electron chi connectivity index (χ2n) is 6.77. The van der Waals surface area contributed by atoms with Gasteiger partial charge in [0.2, 0.25) is 5.91 Å². The second kappa shape index (κ2) is 8.01. The summed E-state index contributed by atoms with van der Waals surface area (Å²) < 4.78 is 0. The highest BCUT2D eigenvalue weighted by Crippen LogP contribution is 2.28. The Bertz CT molecular complexity index is 738. The van der Waals surface area contributed by atoms with Crippen molar-refractivity contribution in [2.45, 2.75) is 25.8 Å². The van der Waals surface area contributed by atoms with Gasteiger partial charge in [-0.25, -0.2) is 4.98 Å². The van der Waals surface area contributed by atoms with Gasteiger partial charge in [-0.2, -0.15) is 0 Å². The van der Waals surface area contributed by atoms with Crippen LogP contribution in [0.3, 0.4) is 0 Å². The van der Waals surface area contributed by atoms with Crippen molar-refractivity contribution in [1.29, 1.82) is 0 Å². The van der Waals surface area contributed by atoms with Crippen molar-refractivity contribution >= 4 is 29.8 Å². The largest absolute Gasteiger partial charge is 0.353 e. The van der Waals surface area contributed by atoms with Crippen LogP contribution in [0.2, 0.25) is 0 Å². The van der Waals surface area contributed by atoms with Gasteiger partial charge in [0, 0.05) is 50.4 Å². The smallest absolute Gasteiger partial charge is 0.221 e. The molecule has 1 aromatic carbocycles. The van der Waals surface area contributed by atoms with Crippen molar-refractivity contribution in [1.82, 2.24) is 14.9 Å².